The SMILES string of the molecule is CCN(CCC(=O)NC[C@H]1[C@@H](CC=CCCCC(=O)CO)[C@@H]2CC[C@@H]1O2)C(=O)c1ccccc1. The minimum atomic E-state index is -0.376. The molecule has 7 nitrogen and oxygen atoms in total. The second-order valence-electron chi connectivity index (χ2n) is 9.22. The first-order valence-corrected chi connectivity index (χ1v) is 12.6. The quantitative estimate of drug-likeness (QED) is 0.322. The van der Waals surface area contributed by atoms with E-state index in [1.54, 1.807) is 17.0 Å². The van der Waals surface area contributed by atoms with Crippen molar-refractivity contribution in [1.82, 2.24) is 10.2 Å². The number of hydrogen-bond donors (Lipinski definition) is 2. The van der Waals surface area contributed by atoms with Gasteiger partial charge in [-0.15, -0.1) is 0 Å². The van der Waals surface area contributed by atoms with Gasteiger partial charge in [0, 0.05) is 44.0 Å². The Morgan fingerprint density at radius 2 is 1.82 bits per heavy atom. The molecule has 0 unspecified atom stereocenters. The van der Waals surface area contributed by atoms with Crippen LogP contribution in [0.3, 0.4) is 0 Å². The van der Waals surface area contributed by atoms with E-state index in [2.05, 4.69) is 17.5 Å². The summed E-state index contributed by atoms with van der Waals surface area (Å²) in [7, 11) is 0. The van der Waals surface area contributed by atoms with Crippen LogP contribution in [0, 0.1) is 11.8 Å². The number of hydrogen-bond acceptors (Lipinski definition) is 5. The summed E-state index contributed by atoms with van der Waals surface area (Å²) in [4.78, 5) is 38.1. The molecule has 1 aromatic rings. The molecule has 7 heteroatoms. The van der Waals surface area contributed by atoms with Gasteiger partial charge in [0.25, 0.3) is 5.91 Å². The number of Topliss-reactive ketones (excluding diaryl/α,β-unsaturated/α-hetero) is 1. The molecule has 0 spiro atoms. The van der Waals surface area contributed by atoms with Crippen molar-refractivity contribution in [3.63, 3.8) is 0 Å². The Kier molecular flexibility index (Phi) is 10.3. The lowest BCUT2D eigenvalue weighted by atomic mass is 9.77. The first-order valence-electron chi connectivity index (χ1n) is 12.6. The molecule has 2 heterocycles. The summed E-state index contributed by atoms with van der Waals surface area (Å²) in [6.07, 6.45) is 10.0. The van der Waals surface area contributed by atoms with Gasteiger partial charge < -0.3 is 20.1 Å². The highest BCUT2D eigenvalue weighted by Crippen LogP contribution is 2.44. The largest absolute Gasteiger partial charge is 0.389 e. The maximum atomic E-state index is 12.6. The lowest BCUT2D eigenvalue weighted by Crippen LogP contribution is -2.40. The Labute approximate surface area is 202 Å². The minimum Gasteiger partial charge on any atom is -0.389 e. The van der Waals surface area contributed by atoms with Crippen molar-refractivity contribution in [2.75, 3.05) is 26.2 Å². The molecular formula is C27H38N2O5. The average molecular weight is 471 g/mol. The van der Waals surface area contributed by atoms with Crippen LogP contribution in [-0.2, 0) is 14.3 Å². The van der Waals surface area contributed by atoms with Gasteiger partial charge in [-0.1, -0.05) is 30.4 Å². The molecule has 0 aromatic heterocycles. The lowest BCUT2D eigenvalue weighted by molar-refractivity contribution is -0.122. The van der Waals surface area contributed by atoms with E-state index in [0.717, 1.165) is 32.1 Å². The second-order valence-corrected chi connectivity index (χ2v) is 9.22. The Morgan fingerprint density at radius 3 is 2.53 bits per heavy atom. The zero-order valence-corrected chi connectivity index (χ0v) is 20.2. The maximum Gasteiger partial charge on any atom is 0.253 e. The van der Waals surface area contributed by atoms with Crippen LogP contribution >= 0.6 is 0 Å². The van der Waals surface area contributed by atoms with E-state index in [0.29, 0.717) is 43.5 Å². The summed E-state index contributed by atoms with van der Waals surface area (Å²) in [5, 5.41) is 11.9. The van der Waals surface area contributed by atoms with Crippen LogP contribution in [0.1, 0.15) is 62.2 Å². The Balaban J connectivity index is 1.41. The van der Waals surface area contributed by atoms with Crippen LogP contribution < -0.4 is 5.32 Å². The fraction of sp³-hybridized carbons (Fsp3) is 0.593. The highest BCUT2D eigenvalue weighted by molar-refractivity contribution is 5.94. The highest BCUT2D eigenvalue weighted by Gasteiger charge is 2.47. The van der Waals surface area contributed by atoms with Crippen LogP contribution in [-0.4, -0.2) is 66.1 Å². The molecular weight excluding hydrogens is 432 g/mol. The van der Waals surface area contributed by atoms with Crippen LogP contribution in [0.15, 0.2) is 42.5 Å². The van der Waals surface area contributed by atoms with E-state index in [9.17, 15) is 14.4 Å². The summed E-state index contributed by atoms with van der Waals surface area (Å²) in [5.74, 6) is 0.491. The van der Waals surface area contributed by atoms with Crippen LogP contribution in [0.2, 0.25) is 0 Å². The van der Waals surface area contributed by atoms with Gasteiger partial charge in [-0.25, -0.2) is 0 Å². The molecule has 186 valence electrons. The Bertz CT molecular complexity index is 841. The number of aliphatic hydroxyl groups excluding tert-OH is 1. The van der Waals surface area contributed by atoms with Crippen LogP contribution in [0.5, 0.6) is 0 Å². The lowest BCUT2D eigenvalue weighted by Gasteiger charge is -2.27. The molecule has 2 aliphatic rings. The third-order valence-corrected chi connectivity index (χ3v) is 7.00. The molecule has 2 N–H and O–H groups in total. The van der Waals surface area contributed by atoms with Crippen molar-refractivity contribution in [3.8, 4) is 0 Å². The molecule has 1 aromatic carbocycles. The van der Waals surface area contributed by atoms with Crippen molar-refractivity contribution in [1.29, 1.82) is 0 Å². The van der Waals surface area contributed by atoms with Gasteiger partial charge in [0.2, 0.25) is 5.91 Å². The molecule has 2 bridgehead atoms. The van der Waals surface area contributed by atoms with E-state index in [4.69, 9.17) is 9.84 Å². The molecule has 34 heavy (non-hydrogen) atoms. The smallest absolute Gasteiger partial charge is 0.253 e. The van der Waals surface area contributed by atoms with Gasteiger partial charge in [-0.3, -0.25) is 14.4 Å². The fourth-order valence-electron chi connectivity index (χ4n) is 5.07. The van der Waals surface area contributed by atoms with Crippen molar-refractivity contribution < 1.29 is 24.2 Å². The van der Waals surface area contributed by atoms with Gasteiger partial charge in [0.1, 0.15) is 6.61 Å². The van der Waals surface area contributed by atoms with E-state index in [-0.39, 0.29) is 42.8 Å². The number of nitrogens with one attached hydrogen (secondary N) is 1. The van der Waals surface area contributed by atoms with Crippen LogP contribution in [0.25, 0.3) is 0 Å². The highest BCUT2D eigenvalue weighted by atomic mass is 16.5. The summed E-state index contributed by atoms with van der Waals surface area (Å²) in [5.41, 5.74) is 0.639. The van der Waals surface area contributed by atoms with Gasteiger partial charge >= 0.3 is 0 Å². The van der Waals surface area contributed by atoms with Crippen LogP contribution in [0.4, 0.5) is 0 Å². The summed E-state index contributed by atoms with van der Waals surface area (Å²) < 4.78 is 6.14. The number of unbranched alkanes of at least 4 members (excludes halogenated alkanes) is 1. The zero-order chi connectivity index (χ0) is 24.3. The number of rotatable bonds is 14. The third kappa shape index (κ3) is 7.24. The number of nitrogens with zero attached hydrogens (tertiary/aromatic N) is 1. The molecule has 0 aliphatic carbocycles. The first kappa shape index (κ1) is 26.1. The number of allylic oxidation sites excluding steroid dienone is 2. The summed E-state index contributed by atoms with van der Waals surface area (Å²) >= 11 is 0. The predicted molar refractivity (Wildman–Crippen MR) is 130 cm³/mol. The van der Waals surface area contributed by atoms with E-state index >= 15 is 0 Å². The average Bonchev–Trinajstić information content (AvgIpc) is 3.47. The molecule has 0 saturated carbocycles. The van der Waals surface area contributed by atoms with Crippen molar-refractivity contribution >= 4 is 17.6 Å². The number of carbonyl (C=O) groups excluding carboxylic acids is 3. The fourth-order valence-corrected chi connectivity index (χ4v) is 5.07. The number of ketones is 1. The van der Waals surface area contributed by atoms with E-state index in [1.165, 1.54) is 0 Å². The van der Waals surface area contributed by atoms with Gasteiger partial charge in [-0.2, -0.15) is 0 Å². The molecule has 3 rings (SSSR count). The molecule has 2 fully saturated rings. The first-order chi connectivity index (χ1) is 16.5. The van der Waals surface area contributed by atoms with Crippen molar-refractivity contribution in [2.45, 2.75) is 64.1 Å². The van der Waals surface area contributed by atoms with Gasteiger partial charge in [-0.05, 0) is 57.1 Å². The number of fused-ring (bicyclic) bond motifs is 2. The normalized spacial score (nSPS) is 23.4. The number of aliphatic hydroxyl groups is 1. The second kappa shape index (κ2) is 13.4. The molecule has 2 saturated heterocycles. The topological polar surface area (TPSA) is 95.9 Å². The van der Waals surface area contributed by atoms with Crippen molar-refractivity contribution in [3.05, 3.63) is 48.0 Å². The number of ether oxygens (including phenoxy) is 1. The predicted octanol–water partition coefficient (Wildman–Crippen LogP) is 3.13. The third-order valence-electron chi connectivity index (χ3n) is 7.00. The van der Waals surface area contributed by atoms with Gasteiger partial charge in [0.15, 0.2) is 5.78 Å². The standard InChI is InChI=1S/C27H38N2O5/c1-2-29(27(33)20-10-6-5-7-11-20)17-16-26(32)28-18-23-22(24-14-15-25(23)34-24)13-9-4-3-8-12-21(31)19-30/h4-7,9-11,22-25,30H,2-3,8,12-19H2,1H3,(H,28,32)/t22-,23+,24+,25+/m1/s1. The summed E-state index contributed by atoms with van der Waals surface area (Å²) in [6.45, 7) is 3.10. The number of benzene rings is 1. The van der Waals surface area contributed by atoms with Crippen molar-refractivity contribution in [2.24, 2.45) is 11.8 Å². The Morgan fingerprint density at radius 1 is 1.09 bits per heavy atom. The molecule has 2 aliphatic heterocycles. The Hall–Kier alpha value is -2.51. The summed E-state index contributed by atoms with van der Waals surface area (Å²) in [6, 6.07) is 9.15. The van der Waals surface area contributed by atoms with E-state index < -0.39 is 0 Å². The monoisotopic (exact) mass is 470 g/mol. The van der Waals surface area contributed by atoms with Gasteiger partial charge in [0.05, 0.1) is 12.2 Å². The van der Waals surface area contributed by atoms with E-state index in [1.807, 2.05) is 25.1 Å². The molecule has 2 amide bonds. The number of carbonyl (C=O) groups is 3. The zero-order valence-electron chi connectivity index (χ0n) is 20.2. The molecule has 4 atom stereocenters. The number of amides is 2. The molecule has 0 radical (unpaired) electrons. The minimum absolute atomic E-state index is 0.0371. The maximum absolute atomic E-state index is 12.6.